The van der Waals surface area contributed by atoms with Crippen LogP contribution in [0.15, 0.2) is 42.5 Å². The molecule has 23 heavy (non-hydrogen) atoms. The lowest BCUT2D eigenvalue weighted by Gasteiger charge is -2.06. The molecule has 0 fully saturated rings. The lowest BCUT2D eigenvalue weighted by atomic mass is 10.1. The molecule has 0 bridgehead atoms. The molecule has 2 N–H and O–H groups in total. The molecule has 0 atom stereocenters. The van der Waals surface area contributed by atoms with Gasteiger partial charge in [-0.3, -0.25) is 9.59 Å². The van der Waals surface area contributed by atoms with Gasteiger partial charge in [0.25, 0.3) is 0 Å². The van der Waals surface area contributed by atoms with E-state index in [1.807, 2.05) is 0 Å². The van der Waals surface area contributed by atoms with Gasteiger partial charge in [-0.05, 0) is 42.5 Å². The number of carbonyl (C=O) groups excluding carboxylic acids is 3. The molecule has 118 valence electrons. The summed E-state index contributed by atoms with van der Waals surface area (Å²) < 4.78 is 4.93. The van der Waals surface area contributed by atoms with Crippen molar-refractivity contribution in [2.24, 2.45) is 5.73 Å². The Morgan fingerprint density at radius 1 is 0.957 bits per heavy atom. The number of hydrogen-bond acceptors (Lipinski definition) is 4. The number of nitrogens with two attached hydrogens (primary N) is 1. The zero-order valence-corrected chi connectivity index (χ0v) is 13.2. The molecular formula is C16H11Cl2NO4. The zero-order chi connectivity index (χ0) is 17.0. The first-order valence-electron chi connectivity index (χ1n) is 6.43. The molecule has 2 aromatic carbocycles. The molecule has 0 aliphatic carbocycles. The zero-order valence-electron chi connectivity index (χ0n) is 11.7. The summed E-state index contributed by atoms with van der Waals surface area (Å²) in [5.41, 5.74) is 5.79. The molecule has 0 radical (unpaired) electrons. The predicted octanol–water partition coefficient (Wildman–Crippen LogP) is 3.13. The van der Waals surface area contributed by atoms with E-state index < -0.39 is 24.3 Å². The first kappa shape index (κ1) is 17.0. The summed E-state index contributed by atoms with van der Waals surface area (Å²) in [6, 6.07) is 9.99. The summed E-state index contributed by atoms with van der Waals surface area (Å²) in [6.45, 7) is -0.461. The minimum Gasteiger partial charge on any atom is -0.454 e. The van der Waals surface area contributed by atoms with Crippen LogP contribution >= 0.6 is 23.2 Å². The topological polar surface area (TPSA) is 86.5 Å². The molecule has 0 spiro atoms. The van der Waals surface area contributed by atoms with Gasteiger partial charge in [-0.15, -0.1) is 0 Å². The van der Waals surface area contributed by atoms with Gasteiger partial charge in [0.15, 0.2) is 6.61 Å². The highest BCUT2D eigenvalue weighted by Gasteiger charge is 2.15. The molecule has 0 unspecified atom stereocenters. The van der Waals surface area contributed by atoms with Crippen LogP contribution in [-0.2, 0) is 4.74 Å². The maximum atomic E-state index is 12.0. The minimum absolute atomic E-state index is 0.185. The predicted molar refractivity (Wildman–Crippen MR) is 86.0 cm³/mol. The van der Waals surface area contributed by atoms with E-state index in [0.29, 0.717) is 5.02 Å². The lowest BCUT2D eigenvalue weighted by Crippen LogP contribution is -2.15. The summed E-state index contributed by atoms with van der Waals surface area (Å²) in [6.07, 6.45) is 0. The molecule has 0 aliphatic heterocycles. The standard InChI is InChI=1S/C16H11Cl2NO4/c17-11-5-6-12(13(18)7-11)14(20)8-23-16(22)10-3-1-9(2-4-10)15(19)21/h1-7H,8H2,(H2,19,21). The highest BCUT2D eigenvalue weighted by atomic mass is 35.5. The number of carbonyl (C=O) groups is 3. The number of ether oxygens (including phenoxy) is 1. The number of ketones is 1. The Morgan fingerprint density at radius 2 is 1.57 bits per heavy atom. The summed E-state index contributed by atoms with van der Waals surface area (Å²) in [4.78, 5) is 34.8. The van der Waals surface area contributed by atoms with Crippen LogP contribution in [-0.4, -0.2) is 24.3 Å². The van der Waals surface area contributed by atoms with E-state index in [2.05, 4.69) is 0 Å². The average molecular weight is 352 g/mol. The molecule has 0 aliphatic rings. The Balaban J connectivity index is 2.00. The van der Waals surface area contributed by atoms with Gasteiger partial charge < -0.3 is 10.5 Å². The third kappa shape index (κ3) is 4.31. The van der Waals surface area contributed by atoms with Crippen molar-refractivity contribution < 1.29 is 19.1 Å². The Kier molecular flexibility index (Phi) is 5.36. The van der Waals surface area contributed by atoms with Gasteiger partial charge in [0.2, 0.25) is 11.7 Å². The maximum Gasteiger partial charge on any atom is 0.338 e. The van der Waals surface area contributed by atoms with Crippen LogP contribution in [0.2, 0.25) is 10.0 Å². The van der Waals surface area contributed by atoms with E-state index in [1.165, 1.54) is 42.5 Å². The van der Waals surface area contributed by atoms with Crippen molar-refractivity contribution in [1.82, 2.24) is 0 Å². The van der Waals surface area contributed by atoms with E-state index >= 15 is 0 Å². The van der Waals surface area contributed by atoms with Crippen molar-refractivity contribution in [3.8, 4) is 0 Å². The van der Waals surface area contributed by atoms with Gasteiger partial charge in [-0.25, -0.2) is 4.79 Å². The highest BCUT2D eigenvalue weighted by molar-refractivity contribution is 6.36. The minimum atomic E-state index is -0.695. The number of amides is 1. The second-order valence-electron chi connectivity index (χ2n) is 4.57. The van der Waals surface area contributed by atoms with Gasteiger partial charge in [0.1, 0.15) is 0 Å². The number of primary amides is 1. The van der Waals surface area contributed by atoms with E-state index in [9.17, 15) is 14.4 Å². The molecular weight excluding hydrogens is 341 g/mol. The Morgan fingerprint density at radius 3 is 2.13 bits per heavy atom. The summed E-state index contributed by atoms with van der Waals surface area (Å²) in [7, 11) is 0. The fraction of sp³-hybridized carbons (Fsp3) is 0.0625. The Hall–Kier alpha value is -2.37. The number of benzene rings is 2. The SMILES string of the molecule is NC(=O)c1ccc(C(=O)OCC(=O)c2ccc(Cl)cc2Cl)cc1. The monoisotopic (exact) mass is 351 g/mol. The van der Waals surface area contributed by atoms with Crippen LogP contribution < -0.4 is 5.73 Å². The molecule has 0 aromatic heterocycles. The van der Waals surface area contributed by atoms with Gasteiger partial charge in [-0.2, -0.15) is 0 Å². The smallest absolute Gasteiger partial charge is 0.338 e. The maximum absolute atomic E-state index is 12.0. The van der Waals surface area contributed by atoms with Crippen molar-refractivity contribution in [3.63, 3.8) is 0 Å². The second-order valence-corrected chi connectivity index (χ2v) is 5.41. The highest BCUT2D eigenvalue weighted by Crippen LogP contribution is 2.21. The normalized spacial score (nSPS) is 10.2. The largest absolute Gasteiger partial charge is 0.454 e. The Labute approximate surface area is 141 Å². The van der Waals surface area contributed by atoms with E-state index in [-0.39, 0.29) is 21.7 Å². The van der Waals surface area contributed by atoms with Crippen molar-refractivity contribution >= 4 is 40.9 Å². The molecule has 0 saturated heterocycles. The Bertz CT molecular complexity index is 772. The van der Waals surface area contributed by atoms with Gasteiger partial charge in [0, 0.05) is 16.1 Å². The number of rotatable bonds is 5. The van der Waals surface area contributed by atoms with E-state index in [1.54, 1.807) is 0 Å². The number of esters is 1. The van der Waals surface area contributed by atoms with Crippen LogP contribution in [0.4, 0.5) is 0 Å². The van der Waals surface area contributed by atoms with Crippen molar-refractivity contribution in [1.29, 1.82) is 0 Å². The molecule has 2 rings (SSSR count). The first-order chi connectivity index (χ1) is 10.9. The van der Waals surface area contributed by atoms with E-state index in [0.717, 1.165) is 0 Å². The van der Waals surface area contributed by atoms with Crippen LogP contribution in [0, 0.1) is 0 Å². The summed E-state index contributed by atoms with van der Waals surface area (Å²) in [5.74, 6) is -1.74. The first-order valence-corrected chi connectivity index (χ1v) is 7.19. The molecule has 0 saturated carbocycles. The van der Waals surface area contributed by atoms with E-state index in [4.69, 9.17) is 33.7 Å². The third-order valence-corrected chi connectivity index (χ3v) is 3.52. The average Bonchev–Trinajstić information content (AvgIpc) is 2.52. The van der Waals surface area contributed by atoms with Gasteiger partial charge in [-0.1, -0.05) is 23.2 Å². The molecule has 7 heteroatoms. The number of Topliss-reactive ketones (excluding diaryl/α,β-unsaturated/α-hetero) is 1. The fourth-order valence-corrected chi connectivity index (χ4v) is 2.29. The lowest BCUT2D eigenvalue weighted by molar-refractivity contribution is 0.0474. The van der Waals surface area contributed by atoms with Crippen LogP contribution in [0.5, 0.6) is 0 Å². The van der Waals surface area contributed by atoms with Crippen molar-refractivity contribution in [2.45, 2.75) is 0 Å². The van der Waals surface area contributed by atoms with Gasteiger partial charge >= 0.3 is 5.97 Å². The second kappa shape index (κ2) is 7.26. The van der Waals surface area contributed by atoms with Crippen LogP contribution in [0.25, 0.3) is 0 Å². The molecule has 0 heterocycles. The number of halogens is 2. The summed E-state index contributed by atoms with van der Waals surface area (Å²) >= 11 is 11.7. The number of hydrogen-bond donors (Lipinski definition) is 1. The van der Waals surface area contributed by atoms with Crippen LogP contribution in [0.1, 0.15) is 31.1 Å². The fourth-order valence-electron chi connectivity index (χ4n) is 1.78. The third-order valence-electron chi connectivity index (χ3n) is 2.97. The van der Waals surface area contributed by atoms with Gasteiger partial charge in [0.05, 0.1) is 10.6 Å². The molecule has 5 nitrogen and oxygen atoms in total. The quantitative estimate of drug-likeness (QED) is 0.662. The van der Waals surface area contributed by atoms with Crippen molar-refractivity contribution in [3.05, 3.63) is 69.2 Å². The molecule has 2 aromatic rings. The summed E-state index contributed by atoms with van der Waals surface area (Å²) in [5, 5.41) is 0.586. The molecule has 1 amide bonds. The van der Waals surface area contributed by atoms with Crippen LogP contribution in [0.3, 0.4) is 0 Å². The van der Waals surface area contributed by atoms with Crippen molar-refractivity contribution in [2.75, 3.05) is 6.61 Å².